The lowest BCUT2D eigenvalue weighted by Gasteiger charge is -2.15. The average Bonchev–Trinajstić information content (AvgIpc) is 2.88. The first kappa shape index (κ1) is 17.2. The molecule has 0 radical (unpaired) electrons. The maximum atomic E-state index is 12.5. The zero-order valence-electron chi connectivity index (χ0n) is 13.5. The summed E-state index contributed by atoms with van der Waals surface area (Å²) in [7, 11) is -2.38. The van der Waals surface area contributed by atoms with Gasteiger partial charge in [-0.3, -0.25) is 9.48 Å². The molecule has 0 saturated heterocycles. The fourth-order valence-electron chi connectivity index (χ4n) is 2.53. The maximum Gasteiger partial charge on any atom is 0.326 e. The van der Waals surface area contributed by atoms with Crippen molar-refractivity contribution in [1.82, 2.24) is 14.5 Å². The molecular weight excluding hydrogens is 322 g/mol. The van der Waals surface area contributed by atoms with Gasteiger partial charge in [-0.05, 0) is 33.8 Å². The van der Waals surface area contributed by atoms with Crippen LogP contribution in [-0.2, 0) is 21.9 Å². The lowest BCUT2D eigenvalue weighted by atomic mass is 10.1. The minimum Gasteiger partial charge on any atom is -0.480 e. The highest BCUT2D eigenvalue weighted by Crippen LogP contribution is 2.26. The Morgan fingerprint density at radius 3 is 2.35 bits per heavy atom. The van der Waals surface area contributed by atoms with E-state index in [4.69, 9.17) is 4.42 Å². The van der Waals surface area contributed by atoms with Gasteiger partial charge in [-0.25, -0.2) is 8.42 Å². The van der Waals surface area contributed by atoms with E-state index in [9.17, 15) is 18.3 Å². The molecule has 0 saturated carbocycles. The van der Waals surface area contributed by atoms with Gasteiger partial charge in [0.05, 0.1) is 5.69 Å². The summed E-state index contributed by atoms with van der Waals surface area (Å²) in [6, 6.07) is -0.0668. The SMILES string of the molecule is Cc1cc(S(=O)(=O)NC(C(=O)O)c2c(C)nn(C)c2C)c(C)o1. The monoisotopic (exact) mass is 341 g/mol. The number of aromatic nitrogens is 2. The number of nitrogens with one attached hydrogen (secondary N) is 1. The number of carbonyl (C=O) groups is 1. The summed E-state index contributed by atoms with van der Waals surface area (Å²) in [6.45, 7) is 6.46. The predicted molar refractivity (Wildman–Crippen MR) is 81.6 cm³/mol. The van der Waals surface area contributed by atoms with Crippen molar-refractivity contribution in [3.8, 4) is 0 Å². The molecule has 9 heteroatoms. The van der Waals surface area contributed by atoms with Crippen molar-refractivity contribution in [3.63, 3.8) is 0 Å². The van der Waals surface area contributed by atoms with Crippen molar-refractivity contribution in [3.05, 3.63) is 34.5 Å². The Labute approximate surface area is 134 Å². The van der Waals surface area contributed by atoms with Crippen LogP contribution in [0.1, 0.15) is 34.5 Å². The second kappa shape index (κ2) is 5.82. The van der Waals surface area contributed by atoms with Gasteiger partial charge in [0.1, 0.15) is 22.5 Å². The molecule has 126 valence electrons. The molecule has 1 atom stereocenters. The standard InChI is InChI=1S/C14H19N3O5S/c1-7-6-11(10(4)22-7)23(20,21)16-13(14(18)19)12-8(2)15-17(5)9(12)3/h6,13,16H,1-5H3,(H,18,19). The fraction of sp³-hybridized carbons (Fsp3) is 0.429. The number of carboxylic acids is 1. The summed E-state index contributed by atoms with van der Waals surface area (Å²) in [6.07, 6.45) is 0. The number of sulfonamides is 1. The number of aliphatic carboxylic acids is 1. The van der Waals surface area contributed by atoms with E-state index in [0.717, 1.165) is 0 Å². The molecule has 23 heavy (non-hydrogen) atoms. The number of rotatable bonds is 5. The predicted octanol–water partition coefficient (Wildman–Crippen LogP) is 1.35. The number of furan rings is 1. The zero-order chi connectivity index (χ0) is 17.5. The minimum absolute atomic E-state index is 0.0690. The van der Waals surface area contributed by atoms with Crippen molar-refractivity contribution < 1.29 is 22.7 Å². The van der Waals surface area contributed by atoms with E-state index in [1.54, 1.807) is 27.8 Å². The molecule has 2 rings (SSSR count). The van der Waals surface area contributed by atoms with Crippen molar-refractivity contribution in [2.75, 3.05) is 0 Å². The maximum absolute atomic E-state index is 12.5. The minimum atomic E-state index is -4.05. The van der Waals surface area contributed by atoms with Gasteiger partial charge in [-0.2, -0.15) is 9.82 Å². The molecule has 2 heterocycles. The van der Waals surface area contributed by atoms with Gasteiger partial charge >= 0.3 is 5.97 Å². The van der Waals surface area contributed by atoms with Gasteiger partial charge in [-0.1, -0.05) is 0 Å². The van der Waals surface area contributed by atoms with Crippen LogP contribution >= 0.6 is 0 Å². The van der Waals surface area contributed by atoms with Gasteiger partial charge in [0.25, 0.3) is 0 Å². The van der Waals surface area contributed by atoms with Crippen molar-refractivity contribution in [2.24, 2.45) is 7.05 Å². The van der Waals surface area contributed by atoms with Crippen LogP contribution in [0.4, 0.5) is 0 Å². The Kier molecular flexibility index (Phi) is 4.36. The lowest BCUT2D eigenvalue weighted by molar-refractivity contribution is -0.139. The Hall–Kier alpha value is -2.13. The highest BCUT2D eigenvalue weighted by molar-refractivity contribution is 7.89. The summed E-state index contributed by atoms with van der Waals surface area (Å²) in [5.41, 5.74) is 1.37. The van der Waals surface area contributed by atoms with Crippen LogP contribution in [0.3, 0.4) is 0 Å². The summed E-state index contributed by atoms with van der Waals surface area (Å²) in [4.78, 5) is 11.6. The first-order valence-corrected chi connectivity index (χ1v) is 8.35. The zero-order valence-corrected chi connectivity index (χ0v) is 14.4. The molecule has 0 fully saturated rings. The molecule has 0 aromatic carbocycles. The van der Waals surface area contributed by atoms with Gasteiger partial charge in [0, 0.05) is 18.3 Å². The number of carboxylic acid groups (broad SMARTS) is 1. The molecular formula is C14H19N3O5S. The van der Waals surface area contributed by atoms with Crippen LogP contribution in [0.5, 0.6) is 0 Å². The first-order valence-electron chi connectivity index (χ1n) is 6.87. The highest BCUT2D eigenvalue weighted by Gasteiger charge is 2.32. The average molecular weight is 341 g/mol. The molecule has 0 aliphatic rings. The molecule has 8 nitrogen and oxygen atoms in total. The summed E-state index contributed by atoms with van der Waals surface area (Å²) >= 11 is 0. The largest absolute Gasteiger partial charge is 0.480 e. The second-order valence-electron chi connectivity index (χ2n) is 5.38. The molecule has 0 amide bonds. The number of hydrogen-bond acceptors (Lipinski definition) is 5. The van der Waals surface area contributed by atoms with E-state index in [2.05, 4.69) is 9.82 Å². The number of nitrogens with zero attached hydrogens (tertiary/aromatic N) is 2. The molecule has 0 spiro atoms. The van der Waals surface area contributed by atoms with Crippen LogP contribution < -0.4 is 4.72 Å². The Morgan fingerprint density at radius 1 is 1.35 bits per heavy atom. The molecule has 2 aromatic rings. The van der Waals surface area contributed by atoms with E-state index in [-0.39, 0.29) is 10.7 Å². The quantitative estimate of drug-likeness (QED) is 0.848. The van der Waals surface area contributed by atoms with E-state index < -0.39 is 22.0 Å². The first-order chi connectivity index (χ1) is 10.5. The van der Waals surface area contributed by atoms with Crippen molar-refractivity contribution in [1.29, 1.82) is 0 Å². The Morgan fingerprint density at radius 2 is 1.96 bits per heavy atom. The smallest absolute Gasteiger partial charge is 0.326 e. The van der Waals surface area contributed by atoms with Crippen LogP contribution in [0.2, 0.25) is 0 Å². The summed E-state index contributed by atoms with van der Waals surface area (Å²) in [5, 5.41) is 13.6. The Balaban J connectivity index is 2.48. The number of aryl methyl sites for hydroxylation is 4. The fourth-order valence-corrected chi connectivity index (χ4v) is 3.93. The van der Waals surface area contributed by atoms with Crippen molar-refractivity contribution >= 4 is 16.0 Å². The van der Waals surface area contributed by atoms with E-state index in [1.165, 1.54) is 17.7 Å². The van der Waals surface area contributed by atoms with E-state index in [0.29, 0.717) is 22.7 Å². The van der Waals surface area contributed by atoms with Gasteiger partial charge in [0.15, 0.2) is 0 Å². The van der Waals surface area contributed by atoms with Crippen molar-refractivity contribution in [2.45, 2.75) is 38.6 Å². The molecule has 2 N–H and O–H groups in total. The lowest BCUT2D eigenvalue weighted by Crippen LogP contribution is -2.34. The van der Waals surface area contributed by atoms with Gasteiger partial charge in [-0.15, -0.1) is 0 Å². The van der Waals surface area contributed by atoms with Gasteiger partial charge < -0.3 is 9.52 Å². The third kappa shape index (κ3) is 3.15. The third-order valence-electron chi connectivity index (χ3n) is 3.66. The molecule has 2 aromatic heterocycles. The molecule has 0 bridgehead atoms. The van der Waals surface area contributed by atoms with Gasteiger partial charge in [0.2, 0.25) is 10.0 Å². The second-order valence-corrected chi connectivity index (χ2v) is 7.06. The van der Waals surface area contributed by atoms with Crippen LogP contribution in [0.15, 0.2) is 15.4 Å². The topological polar surface area (TPSA) is 114 Å². The molecule has 0 aliphatic heterocycles. The normalized spacial score (nSPS) is 13.3. The van der Waals surface area contributed by atoms with E-state index in [1.807, 2.05) is 0 Å². The van der Waals surface area contributed by atoms with E-state index >= 15 is 0 Å². The third-order valence-corrected chi connectivity index (χ3v) is 5.19. The summed E-state index contributed by atoms with van der Waals surface area (Å²) < 4.78 is 34.0. The molecule has 1 unspecified atom stereocenters. The van der Waals surface area contributed by atoms with Crippen LogP contribution in [0.25, 0.3) is 0 Å². The Bertz CT molecular complexity index is 863. The number of hydrogen-bond donors (Lipinski definition) is 2. The van der Waals surface area contributed by atoms with Crippen LogP contribution in [0, 0.1) is 27.7 Å². The van der Waals surface area contributed by atoms with Crippen LogP contribution in [-0.4, -0.2) is 29.3 Å². The highest BCUT2D eigenvalue weighted by atomic mass is 32.2. The molecule has 0 aliphatic carbocycles. The summed E-state index contributed by atoms with van der Waals surface area (Å²) in [5.74, 6) is -0.659.